The molecule has 8 nitrogen and oxygen atoms in total. The fourth-order valence-electron chi connectivity index (χ4n) is 6.99. The summed E-state index contributed by atoms with van der Waals surface area (Å²) in [5.74, 6) is 2.10. The SMILES string of the molecule is Cn1n[n+](CCOc2ccc3ccccc3c2-c2c(OCC[n+]3nn(C)c(C4C=CC=C4)c3I)ccc3ccccc23)c(I)c1C1C=CC=C1. The highest BCUT2D eigenvalue weighted by atomic mass is 127. The Hall–Kier alpha value is -4.30. The quantitative estimate of drug-likeness (QED) is 0.100. The third kappa shape index (κ3) is 6.16. The predicted octanol–water partition coefficient (Wildman–Crippen LogP) is 7.49. The lowest BCUT2D eigenvalue weighted by molar-refractivity contribution is -0.766. The number of hydrogen-bond donors (Lipinski definition) is 0. The number of benzene rings is 4. The van der Waals surface area contributed by atoms with E-state index >= 15 is 0 Å². The molecular weight excluding hydrogens is 850 g/mol. The minimum absolute atomic E-state index is 0.238. The molecule has 50 heavy (non-hydrogen) atoms. The predicted molar refractivity (Wildman–Crippen MR) is 212 cm³/mol. The van der Waals surface area contributed by atoms with Gasteiger partial charge in [-0.1, -0.05) is 109 Å². The summed E-state index contributed by atoms with van der Waals surface area (Å²) in [6.45, 7) is 2.15. The number of rotatable bonds is 11. The third-order valence-corrected chi connectivity index (χ3v) is 11.6. The van der Waals surface area contributed by atoms with Crippen molar-refractivity contribution in [1.29, 1.82) is 0 Å². The van der Waals surface area contributed by atoms with Gasteiger partial charge in [-0.25, -0.2) is 0 Å². The molecule has 2 aliphatic rings. The van der Waals surface area contributed by atoms with Crippen molar-refractivity contribution in [3.8, 4) is 22.6 Å². The van der Waals surface area contributed by atoms with Gasteiger partial charge in [0.15, 0.2) is 11.4 Å². The smallest absolute Gasteiger partial charge is 0.231 e. The van der Waals surface area contributed by atoms with Gasteiger partial charge in [0, 0.05) is 56.3 Å². The van der Waals surface area contributed by atoms with Gasteiger partial charge in [-0.3, -0.25) is 0 Å². The first-order valence-corrected chi connectivity index (χ1v) is 18.9. The van der Waals surface area contributed by atoms with Crippen LogP contribution in [0.5, 0.6) is 11.5 Å². The van der Waals surface area contributed by atoms with Gasteiger partial charge in [-0.2, -0.15) is 0 Å². The zero-order valence-electron chi connectivity index (χ0n) is 27.8. The second-order valence-corrected chi connectivity index (χ2v) is 14.5. The van der Waals surface area contributed by atoms with Gasteiger partial charge in [0.05, 0.1) is 22.3 Å². The van der Waals surface area contributed by atoms with Crippen LogP contribution in [0, 0.1) is 7.40 Å². The Bertz CT molecular complexity index is 2180. The standard InChI is InChI=1S/C40H36I2N6O2/c1-45-37(29-13-3-4-14-29)39(41)47(43-45)23-25-49-33-21-19-27-11-7-9-17-31(27)35(33)36-32-18-10-8-12-28(32)20-22-34(36)50-26-24-48-40(42)38(46(2)44-48)30-15-5-6-16-30/h3-22,29-30H,23-26H2,1-2H3/q+2. The second kappa shape index (κ2) is 14.1. The van der Waals surface area contributed by atoms with Crippen LogP contribution in [0.2, 0.25) is 0 Å². The van der Waals surface area contributed by atoms with Crippen molar-refractivity contribution in [3.05, 3.63) is 140 Å². The van der Waals surface area contributed by atoms with Gasteiger partial charge in [-0.05, 0) is 33.7 Å². The number of halogens is 2. The van der Waals surface area contributed by atoms with Crippen LogP contribution in [0.4, 0.5) is 0 Å². The van der Waals surface area contributed by atoms with E-state index < -0.39 is 0 Å². The minimum Gasteiger partial charge on any atom is -0.489 e. The van der Waals surface area contributed by atoms with Crippen molar-refractivity contribution in [2.24, 2.45) is 14.1 Å². The summed E-state index contributed by atoms with van der Waals surface area (Å²) < 4.78 is 23.6. The number of hydrogen-bond acceptors (Lipinski definition) is 4. The van der Waals surface area contributed by atoms with E-state index in [2.05, 4.69) is 167 Å². The summed E-state index contributed by atoms with van der Waals surface area (Å²) in [6.07, 6.45) is 17.2. The molecule has 0 saturated carbocycles. The van der Waals surface area contributed by atoms with E-state index in [4.69, 9.17) is 19.9 Å². The number of ether oxygens (including phenoxy) is 2. The largest absolute Gasteiger partial charge is 0.489 e. The van der Waals surface area contributed by atoms with E-state index in [0.717, 1.165) is 51.6 Å². The lowest BCUT2D eigenvalue weighted by Crippen LogP contribution is -2.42. The lowest BCUT2D eigenvalue weighted by Gasteiger charge is -2.19. The zero-order valence-corrected chi connectivity index (χ0v) is 32.1. The maximum absolute atomic E-state index is 6.71. The van der Waals surface area contributed by atoms with Crippen LogP contribution in [-0.2, 0) is 27.2 Å². The van der Waals surface area contributed by atoms with E-state index in [-0.39, 0.29) is 11.8 Å². The first kappa shape index (κ1) is 32.9. The Labute approximate surface area is 318 Å². The molecular formula is C40H36I2N6O2+2. The van der Waals surface area contributed by atoms with E-state index in [1.807, 2.05) is 32.8 Å². The number of fused-ring (bicyclic) bond motifs is 2. The van der Waals surface area contributed by atoms with Crippen molar-refractivity contribution in [2.75, 3.05) is 13.2 Å². The average Bonchev–Trinajstić information content (AvgIpc) is 3.94. The molecule has 8 rings (SSSR count). The Kier molecular flexibility index (Phi) is 9.30. The van der Waals surface area contributed by atoms with Gasteiger partial charge in [0.2, 0.25) is 7.40 Å². The Morgan fingerprint density at radius 3 is 1.40 bits per heavy atom. The molecule has 6 aromatic rings. The Morgan fingerprint density at radius 1 is 0.580 bits per heavy atom. The summed E-state index contributed by atoms with van der Waals surface area (Å²) in [5, 5.41) is 14.1. The highest BCUT2D eigenvalue weighted by Crippen LogP contribution is 2.45. The van der Waals surface area contributed by atoms with Crippen LogP contribution in [0.3, 0.4) is 0 Å². The van der Waals surface area contributed by atoms with Crippen molar-refractivity contribution < 1.29 is 18.8 Å². The summed E-state index contributed by atoms with van der Waals surface area (Å²) in [7, 11) is 4.02. The average molecular weight is 887 g/mol. The van der Waals surface area contributed by atoms with Crippen LogP contribution < -0.4 is 18.8 Å². The van der Waals surface area contributed by atoms with Crippen LogP contribution in [0.1, 0.15) is 23.2 Å². The molecule has 4 aromatic carbocycles. The third-order valence-electron chi connectivity index (χ3n) is 9.34. The highest BCUT2D eigenvalue weighted by Gasteiger charge is 2.29. The Balaban J connectivity index is 1.12. The molecule has 0 atom stereocenters. The summed E-state index contributed by atoms with van der Waals surface area (Å²) >= 11 is 4.81. The molecule has 0 aliphatic heterocycles. The minimum atomic E-state index is 0.238. The molecule has 2 aromatic heterocycles. The van der Waals surface area contributed by atoms with Crippen molar-refractivity contribution in [3.63, 3.8) is 0 Å². The Morgan fingerprint density at radius 2 is 0.980 bits per heavy atom. The monoisotopic (exact) mass is 886 g/mol. The van der Waals surface area contributed by atoms with E-state index in [1.54, 1.807) is 0 Å². The van der Waals surface area contributed by atoms with Gasteiger partial charge in [0.25, 0.3) is 0 Å². The molecule has 0 spiro atoms. The molecule has 0 radical (unpaired) electrons. The van der Waals surface area contributed by atoms with Crippen molar-refractivity contribution in [2.45, 2.75) is 24.9 Å². The number of nitrogens with zero attached hydrogens (tertiary/aromatic N) is 6. The number of aromatic nitrogens is 6. The zero-order chi connectivity index (χ0) is 34.2. The van der Waals surface area contributed by atoms with Crippen LogP contribution >= 0.6 is 45.2 Å². The molecule has 0 N–H and O–H groups in total. The van der Waals surface area contributed by atoms with Gasteiger partial charge < -0.3 is 9.47 Å². The summed E-state index contributed by atoms with van der Waals surface area (Å²) in [5.41, 5.74) is 4.42. The maximum Gasteiger partial charge on any atom is 0.231 e. The fourth-order valence-corrected chi connectivity index (χ4v) is 9.09. The van der Waals surface area contributed by atoms with Crippen LogP contribution in [0.15, 0.2) is 121 Å². The van der Waals surface area contributed by atoms with Gasteiger partial charge in [-0.15, -0.1) is 18.7 Å². The van der Waals surface area contributed by atoms with Crippen molar-refractivity contribution in [1.82, 2.24) is 19.8 Å². The number of aryl methyl sites for hydroxylation is 2. The maximum atomic E-state index is 6.71. The normalized spacial score (nSPS) is 14.2. The molecule has 250 valence electrons. The van der Waals surface area contributed by atoms with E-state index in [9.17, 15) is 0 Å². The number of allylic oxidation sites excluding steroid dienone is 8. The van der Waals surface area contributed by atoms with Crippen LogP contribution in [-0.4, -0.2) is 33.0 Å². The lowest BCUT2D eigenvalue weighted by atomic mass is 9.92. The molecule has 0 saturated heterocycles. The first-order valence-electron chi connectivity index (χ1n) is 16.7. The summed E-state index contributed by atoms with van der Waals surface area (Å²) in [4.78, 5) is 0. The van der Waals surface area contributed by atoms with Gasteiger partial charge >= 0.3 is 0 Å². The molecule has 0 amide bonds. The fraction of sp³-hybridized carbons (Fsp3) is 0.200. The molecule has 0 fully saturated rings. The van der Waals surface area contributed by atoms with Crippen molar-refractivity contribution >= 4 is 66.7 Å². The first-order chi connectivity index (χ1) is 24.5. The van der Waals surface area contributed by atoms with E-state index in [1.165, 1.54) is 11.4 Å². The second-order valence-electron chi connectivity index (χ2n) is 12.4. The molecule has 0 unspecified atom stereocenters. The van der Waals surface area contributed by atoms with Crippen LogP contribution in [0.25, 0.3) is 32.7 Å². The molecule has 2 aliphatic carbocycles. The van der Waals surface area contributed by atoms with Gasteiger partial charge in [0.1, 0.15) is 51.9 Å². The molecule has 2 heterocycles. The van der Waals surface area contributed by atoms with E-state index in [0.29, 0.717) is 26.3 Å². The highest BCUT2D eigenvalue weighted by molar-refractivity contribution is 14.1. The molecule has 10 heteroatoms. The topological polar surface area (TPSA) is 61.9 Å². The summed E-state index contributed by atoms with van der Waals surface area (Å²) in [6, 6.07) is 25.5. The molecule has 0 bridgehead atoms.